The van der Waals surface area contributed by atoms with Gasteiger partial charge < -0.3 is 10.0 Å². The molecule has 18 heavy (non-hydrogen) atoms. The summed E-state index contributed by atoms with van der Waals surface area (Å²) in [5.74, 6) is 1.29. The number of aliphatic hydroxyl groups excluding tert-OH is 1. The maximum absolute atomic E-state index is 11.4. The largest absolute Gasteiger partial charge is 0.396 e. The minimum absolute atomic E-state index is 0.228. The van der Waals surface area contributed by atoms with Gasteiger partial charge in [0.1, 0.15) is 5.82 Å². The average Bonchev–Trinajstić information content (AvgIpc) is 2.98. The van der Waals surface area contributed by atoms with E-state index in [2.05, 4.69) is 20.2 Å². The molecular weight excluding hydrogens is 234 g/mol. The summed E-state index contributed by atoms with van der Waals surface area (Å²) in [6.45, 7) is 2.02. The number of hydrogen-bond donors (Lipinski definition) is 2. The maximum atomic E-state index is 11.4. The lowest BCUT2D eigenvalue weighted by Crippen LogP contribution is -2.23. The second-order valence-corrected chi connectivity index (χ2v) is 4.60. The number of aromatic nitrogens is 4. The fourth-order valence-electron chi connectivity index (χ4n) is 2.42. The van der Waals surface area contributed by atoms with Crippen molar-refractivity contribution in [2.24, 2.45) is 5.92 Å². The van der Waals surface area contributed by atoms with Crippen LogP contribution < -0.4 is 10.6 Å². The minimum atomic E-state index is -0.321. The van der Waals surface area contributed by atoms with Crippen molar-refractivity contribution in [3.8, 4) is 0 Å². The fourth-order valence-corrected chi connectivity index (χ4v) is 2.42. The molecule has 2 aromatic rings. The van der Waals surface area contributed by atoms with Gasteiger partial charge in [-0.05, 0) is 30.9 Å². The summed E-state index contributed by atoms with van der Waals surface area (Å²) in [5, 5.41) is 19.4. The van der Waals surface area contributed by atoms with Crippen molar-refractivity contribution in [2.45, 2.75) is 12.8 Å². The van der Waals surface area contributed by atoms with Crippen LogP contribution in [0.1, 0.15) is 12.8 Å². The Hall–Kier alpha value is -1.89. The monoisotopic (exact) mass is 249 g/mol. The number of anilines is 1. The lowest BCUT2D eigenvalue weighted by molar-refractivity contribution is 0.263. The molecule has 1 atom stereocenters. The van der Waals surface area contributed by atoms with Gasteiger partial charge in [-0.15, -0.1) is 5.10 Å². The summed E-state index contributed by atoms with van der Waals surface area (Å²) < 4.78 is 1.27. The highest BCUT2D eigenvalue weighted by molar-refractivity contribution is 5.45. The summed E-state index contributed by atoms with van der Waals surface area (Å²) in [4.78, 5) is 13.6. The lowest BCUT2D eigenvalue weighted by Gasteiger charge is -2.16. The third kappa shape index (κ3) is 1.86. The molecule has 1 fully saturated rings. The number of H-pyrrole nitrogens is 1. The molecule has 0 aliphatic carbocycles. The van der Waals surface area contributed by atoms with E-state index in [4.69, 9.17) is 5.11 Å². The highest BCUT2D eigenvalue weighted by Gasteiger charge is 2.23. The molecule has 1 unspecified atom stereocenters. The molecule has 0 spiro atoms. The molecule has 7 heteroatoms. The third-order valence-electron chi connectivity index (χ3n) is 3.41. The molecule has 2 aromatic heterocycles. The summed E-state index contributed by atoms with van der Waals surface area (Å²) >= 11 is 0. The van der Waals surface area contributed by atoms with E-state index in [0.29, 0.717) is 11.6 Å². The number of nitrogens with zero attached hydrogens (tertiary/aromatic N) is 4. The first-order valence-electron chi connectivity index (χ1n) is 6.08. The van der Waals surface area contributed by atoms with Crippen LogP contribution >= 0.6 is 0 Å². The average molecular weight is 249 g/mol. The first kappa shape index (κ1) is 11.2. The number of nitrogens with one attached hydrogen (secondary N) is 1. The zero-order valence-electron chi connectivity index (χ0n) is 9.91. The molecule has 2 N–H and O–H groups in total. The van der Waals surface area contributed by atoms with Gasteiger partial charge in [0, 0.05) is 19.7 Å². The summed E-state index contributed by atoms with van der Waals surface area (Å²) in [5.41, 5.74) is 0.202. The second-order valence-electron chi connectivity index (χ2n) is 4.60. The highest BCUT2D eigenvalue weighted by atomic mass is 16.3. The zero-order valence-corrected chi connectivity index (χ0v) is 9.91. The topological polar surface area (TPSA) is 86.5 Å². The van der Waals surface area contributed by atoms with Gasteiger partial charge in [-0.2, -0.15) is 9.61 Å². The van der Waals surface area contributed by atoms with Crippen molar-refractivity contribution in [1.82, 2.24) is 19.8 Å². The van der Waals surface area contributed by atoms with Crippen molar-refractivity contribution >= 4 is 11.5 Å². The zero-order chi connectivity index (χ0) is 12.5. The van der Waals surface area contributed by atoms with Gasteiger partial charge in [0.15, 0.2) is 5.65 Å². The Labute approximate surface area is 103 Å². The van der Waals surface area contributed by atoms with Gasteiger partial charge in [0.05, 0.1) is 0 Å². The smallest absolute Gasteiger partial charge is 0.364 e. The number of aromatic amines is 1. The van der Waals surface area contributed by atoms with E-state index in [0.717, 1.165) is 31.7 Å². The Bertz CT molecular complexity index is 605. The van der Waals surface area contributed by atoms with Crippen LogP contribution in [0.2, 0.25) is 0 Å². The van der Waals surface area contributed by atoms with Gasteiger partial charge in [-0.25, -0.2) is 9.89 Å². The first-order valence-corrected chi connectivity index (χ1v) is 6.08. The molecule has 0 bridgehead atoms. The van der Waals surface area contributed by atoms with Gasteiger partial charge in [-0.3, -0.25) is 0 Å². The molecule has 96 valence electrons. The van der Waals surface area contributed by atoms with Crippen LogP contribution in [-0.2, 0) is 0 Å². The Morgan fingerprint density at radius 3 is 3.22 bits per heavy atom. The van der Waals surface area contributed by atoms with Crippen molar-refractivity contribution in [1.29, 1.82) is 0 Å². The molecule has 3 rings (SSSR count). The Morgan fingerprint density at radius 1 is 1.50 bits per heavy atom. The van der Waals surface area contributed by atoms with Crippen LogP contribution in [0.3, 0.4) is 0 Å². The van der Waals surface area contributed by atoms with Gasteiger partial charge in [0.25, 0.3) is 0 Å². The van der Waals surface area contributed by atoms with Crippen LogP contribution in [0, 0.1) is 5.92 Å². The van der Waals surface area contributed by atoms with Gasteiger partial charge >= 0.3 is 5.69 Å². The standard InChI is InChI=1S/C11H15N5O2/c17-6-4-8-3-5-15(7-8)10-2-1-9-12-13-11(18)16(9)14-10/h1-2,8,17H,3-7H2,(H,13,18). The van der Waals surface area contributed by atoms with E-state index in [1.165, 1.54) is 4.52 Å². The van der Waals surface area contributed by atoms with E-state index < -0.39 is 0 Å². The van der Waals surface area contributed by atoms with E-state index in [9.17, 15) is 4.79 Å². The Balaban J connectivity index is 1.86. The van der Waals surface area contributed by atoms with Gasteiger partial charge in [-0.1, -0.05) is 0 Å². The maximum Gasteiger partial charge on any atom is 0.364 e. The van der Waals surface area contributed by atoms with Crippen LogP contribution in [0.4, 0.5) is 5.82 Å². The Kier molecular flexibility index (Phi) is 2.75. The minimum Gasteiger partial charge on any atom is -0.396 e. The molecule has 0 radical (unpaired) electrons. The number of rotatable bonds is 3. The lowest BCUT2D eigenvalue weighted by atomic mass is 10.1. The predicted molar refractivity (Wildman–Crippen MR) is 65.6 cm³/mol. The third-order valence-corrected chi connectivity index (χ3v) is 3.41. The normalized spacial score (nSPS) is 19.8. The second kappa shape index (κ2) is 4.41. The van der Waals surface area contributed by atoms with Crippen LogP contribution in [-0.4, -0.2) is 44.6 Å². The molecule has 3 heterocycles. The quantitative estimate of drug-likeness (QED) is 0.774. The SMILES string of the molecule is O=c1[nH]nc2ccc(N3CCC(CCO)C3)nn12. The van der Waals surface area contributed by atoms with Crippen LogP contribution in [0.5, 0.6) is 0 Å². The van der Waals surface area contributed by atoms with Crippen molar-refractivity contribution in [3.05, 3.63) is 22.6 Å². The van der Waals surface area contributed by atoms with E-state index in [1.54, 1.807) is 6.07 Å². The first-order chi connectivity index (χ1) is 8.78. The molecule has 1 aliphatic heterocycles. The van der Waals surface area contributed by atoms with E-state index in [1.807, 2.05) is 6.07 Å². The molecule has 0 saturated carbocycles. The Morgan fingerprint density at radius 2 is 2.39 bits per heavy atom. The van der Waals surface area contributed by atoms with E-state index >= 15 is 0 Å². The fraction of sp³-hybridized carbons (Fsp3) is 0.545. The summed E-state index contributed by atoms with van der Waals surface area (Å²) in [6, 6.07) is 3.65. The molecule has 1 saturated heterocycles. The molecule has 7 nitrogen and oxygen atoms in total. The number of aliphatic hydroxyl groups is 1. The molecule has 1 aliphatic rings. The van der Waals surface area contributed by atoms with Crippen molar-refractivity contribution in [3.63, 3.8) is 0 Å². The summed E-state index contributed by atoms with van der Waals surface area (Å²) in [7, 11) is 0. The molecule has 0 amide bonds. The summed E-state index contributed by atoms with van der Waals surface area (Å²) in [6.07, 6.45) is 1.88. The van der Waals surface area contributed by atoms with Crippen LogP contribution in [0.15, 0.2) is 16.9 Å². The number of fused-ring (bicyclic) bond motifs is 1. The predicted octanol–water partition coefficient (Wildman–Crippen LogP) is -0.374. The molecular formula is C11H15N5O2. The van der Waals surface area contributed by atoms with E-state index in [-0.39, 0.29) is 12.3 Å². The molecule has 0 aromatic carbocycles. The van der Waals surface area contributed by atoms with Crippen LogP contribution in [0.25, 0.3) is 5.65 Å². The number of hydrogen-bond acceptors (Lipinski definition) is 5. The van der Waals surface area contributed by atoms with Crippen molar-refractivity contribution in [2.75, 3.05) is 24.6 Å². The van der Waals surface area contributed by atoms with Gasteiger partial charge in [0.2, 0.25) is 0 Å². The van der Waals surface area contributed by atoms with Crippen molar-refractivity contribution < 1.29 is 5.11 Å². The highest BCUT2D eigenvalue weighted by Crippen LogP contribution is 2.23.